The zero-order chi connectivity index (χ0) is 14.0. The van der Waals surface area contributed by atoms with Crippen molar-refractivity contribution in [3.05, 3.63) is 29.2 Å². The summed E-state index contributed by atoms with van der Waals surface area (Å²) in [6, 6.07) is 2.38. The Morgan fingerprint density at radius 2 is 1.84 bits per heavy atom. The second-order valence-electron chi connectivity index (χ2n) is 5.11. The van der Waals surface area contributed by atoms with Gasteiger partial charge in [-0.1, -0.05) is 13.8 Å². The third kappa shape index (κ3) is 3.17. The highest BCUT2D eigenvalue weighted by Crippen LogP contribution is 2.17. The minimum atomic E-state index is 0.453. The van der Waals surface area contributed by atoms with Gasteiger partial charge in [0, 0.05) is 42.8 Å². The van der Waals surface area contributed by atoms with Crippen molar-refractivity contribution in [2.75, 3.05) is 0 Å². The molecule has 0 radical (unpaired) electrons. The molecule has 0 aliphatic rings. The van der Waals surface area contributed by atoms with E-state index in [9.17, 15) is 0 Å². The summed E-state index contributed by atoms with van der Waals surface area (Å²) >= 11 is 0. The lowest BCUT2D eigenvalue weighted by Crippen LogP contribution is -2.23. The second kappa shape index (κ2) is 5.48. The van der Waals surface area contributed by atoms with Gasteiger partial charge < -0.3 is 5.32 Å². The molecule has 2 heterocycles. The molecule has 0 aromatic carbocycles. The summed E-state index contributed by atoms with van der Waals surface area (Å²) in [7, 11) is 1.89. The van der Waals surface area contributed by atoms with Crippen LogP contribution in [0.25, 0.3) is 11.5 Å². The normalized spacial score (nSPS) is 11.3. The molecule has 0 aliphatic heterocycles. The van der Waals surface area contributed by atoms with Crippen LogP contribution in [0, 0.1) is 13.8 Å². The third-order valence-electron chi connectivity index (χ3n) is 3.05. The smallest absolute Gasteiger partial charge is 0.180 e. The molecule has 0 bridgehead atoms. The predicted octanol–water partition coefficient (Wildman–Crippen LogP) is 1.99. The minimum absolute atomic E-state index is 0.453. The van der Waals surface area contributed by atoms with Gasteiger partial charge in [0.05, 0.1) is 0 Å². The van der Waals surface area contributed by atoms with Gasteiger partial charge in [0.15, 0.2) is 5.82 Å². The molecule has 0 atom stereocenters. The van der Waals surface area contributed by atoms with Gasteiger partial charge in [0.2, 0.25) is 0 Å². The highest BCUT2D eigenvalue weighted by atomic mass is 15.3. The van der Waals surface area contributed by atoms with E-state index in [1.807, 2.05) is 33.2 Å². The molecule has 2 aromatic rings. The Hall–Kier alpha value is -1.75. The summed E-state index contributed by atoms with van der Waals surface area (Å²) in [6.07, 6.45) is 1.90. The van der Waals surface area contributed by atoms with E-state index in [4.69, 9.17) is 0 Å². The molecular formula is C14H21N5. The topological polar surface area (TPSA) is 55.6 Å². The Morgan fingerprint density at radius 1 is 1.21 bits per heavy atom. The first-order valence-electron chi connectivity index (χ1n) is 6.55. The number of nitrogens with one attached hydrogen (secondary N) is 1. The Kier molecular flexibility index (Phi) is 3.95. The number of hydrogen-bond acceptors (Lipinski definition) is 4. The maximum Gasteiger partial charge on any atom is 0.180 e. The van der Waals surface area contributed by atoms with E-state index >= 15 is 0 Å². The molecule has 0 saturated carbocycles. The quantitative estimate of drug-likeness (QED) is 0.912. The standard InChI is InChI=1S/C14H21N5/c1-9(2)15-8-12-10(3)16-14(17-11(12)4)13-6-7-19(5)18-13/h6-7,9,15H,8H2,1-5H3. The lowest BCUT2D eigenvalue weighted by atomic mass is 10.1. The first kappa shape index (κ1) is 13.7. The van der Waals surface area contributed by atoms with Crippen molar-refractivity contribution in [2.45, 2.75) is 40.3 Å². The highest BCUT2D eigenvalue weighted by Gasteiger charge is 2.11. The Bertz CT molecular complexity index is 548. The number of aryl methyl sites for hydroxylation is 3. The largest absolute Gasteiger partial charge is 0.310 e. The maximum atomic E-state index is 4.57. The van der Waals surface area contributed by atoms with Crippen molar-refractivity contribution in [3.8, 4) is 11.5 Å². The summed E-state index contributed by atoms with van der Waals surface area (Å²) in [6.45, 7) is 9.12. The van der Waals surface area contributed by atoms with Crippen LogP contribution in [0.3, 0.4) is 0 Å². The number of hydrogen-bond donors (Lipinski definition) is 1. The van der Waals surface area contributed by atoms with Crippen LogP contribution in [0.2, 0.25) is 0 Å². The Morgan fingerprint density at radius 3 is 2.32 bits per heavy atom. The number of aromatic nitrogens is 4. The predicted molar refractivity (Wildman–Crippen MR) is 75.7 cm³/mol. The highest BCUT2D eigenvalue weighted by molar-refractivity contribution is 5.49. The average molecular weight is 259 g/mol. The number of rotatable bonds is 4. The zero-order valence-electron chi connectivity index (χ0n) is 12.2. The van der Waals surface area contributed by atoms with Crippen molar-refractivity contribution in [1.29, 1.82) is 0 Å². The molecule has 2 rings (SSSR count). The molecule has 0 saturated heterocycles. The van der Waals surface area contributed by atoms with E-state index in [1.165, 1.54) is 5.56 Å². The van der Waals surface area contributed by atoms with Gasteiger partial charge in [-0.25, -0.2) is 9.97 Å². The van der Waals surface area contributed by atoms with E-state index in [0.29, 0.717) is 11.9 Å². The van der Waals surface area contributed by atoms with E-state index in [0.717, 1.165) is 23.6 Å². The summed E-state index contributed by atoms with van der Waals surface area (Å²) in [5.74, 6) is 0.698. The third-order valence-corrected chi connectivity index (χ3v) is 3.05. The second-order valence-corrected chi connectivity index (χ2v) is 5.11. The van der Waals surface area contributed by atoms with E-state index in [-0.39, 0.29) is 0 Å². The first-order chi connectivity index (χ1) is 8.97. The van der Waals surface area contributed by atoms with Crippen LogP contribution in [-0.4, -0.2) is 25.8 Å². The molecule has 19 heavy (non-hydrogen) atoms. The summed E-state index contributed by atoms with van der Waals surface area (Å²) in [5, 5.41) is 7.75. The van der Waals surface area contributed by atoms with Crippen molar-refractivity contribution in [1.82, 2.24) is 25.1 Å². The molecule has 0 amide bonds. The van der Waals surface area contributed by atoms with Gasteiger partial charge in [0.1, 0.15) is 5.69 Å². The van der Waals surface area contributed by atoms with E-state index in [2.05, 4.69) is 34.2 Å². The van der Waals surface area contributed by atoms with Crippen LogP contribution in [0.5, 0.6) is 0 Å². The molecule has 0 fully saturated rings. The van der Waals surface area contributed by atoms with Gasteiger partial charge in [-0.2, -0.15) is 5.10 Å². The van der Waals surface area contributed by atoms with Crippen LogP contribution < -0.4 is 5.32 Å². The van der Waals surface area contributed by atoms with Crippen LogP contribution in [-0.2, 0) is 13.6 Å². The van der Waals surface area contributed by atoms with Crippen LogP contribution in [0.15, 0.2) is 12.3 Å². The first-order valence-corrected chi connectivity index (χ1v) is 6.55. The average Bonchev–Trinajstić information content (AvgIpc) is 2.74. The monoisotopic (exact) mass is 259 g/mol. The van der Waals surface area contributed by atoms with Crippen molar-refractivity contribution in [2.24, 2.45) is 7.05 Å². The summed E-state index contributed by atoms with van der Waals surface area (Å²) in [4.78, 5) is 9.14. The molecule has 1 N–H and O–H groups in total. The Balaban J connectivity index is 2.31. The van der Waals surface area contributed by atoms with Crippen molar-refractivity contribution in [3.63, 3.8) is 0 Å². The maximum absolute atomic E-state index is 4.57. The molecule has 102 valence electrons. The Labute approximate surface area is 114 Å². The molecule has 5 heteroatoms. The van der Waals surface area contributed by atoms with Gasteiger partial charge >= 0.3 is 0 Å². The van der Waals surface area contributed by atoms with Gasteiger partial charge in [-0.05, 0) is 19.9 Å². The number of nitrogens with zero attached hydrogens (tertiary/aromatic N) is 4. The fourth-order valence-electron chi connectivity index (χ4n) is 1.95. The molecule has 5 nitrogen and oxygen atoms in total. The molecule has 0 spiro atoms. The van der Waals surface area contributed by atoms with Gasteiger partial charge in [0.25, 0.3) is 0 Å². The van der Waals surface area contributed by atoms with E-state index < -0.39 is 0 Å². The molecule has 0 unspecified atom stereocenters. The van der Waals surface area contributed by atoms with Crippen LogP contribution in [0.4, 0.5) is 0 Å². The fourth-order valence-corrected chi connectivity index (χ4v) is 1.95. The fraction of sp³-hybridized carbons (Fsp3) is 0.500. The van der Waals surface area contributed by atoms with E-state index in [1.54, 1.807) is 4.68 Å². The SMILES string of the molecule is Cc1nc(-c2ccn(C)n2)nc(C)c1CNC(C)C. The molecule has 0 aliphatic carbocycles. The van der Waals surface area contributed by atoms with Gasteiger partial charge in [-0.15, -0.1) is 0 Å². The van der Waals surface area contributed by atoms with Crippen LogP contribution >= 0.6 is 0 Å². The molecule has 2 aromatic heterocycles. The minimum Gasteiger partial charge on any atom is -0.310 e. The van der Waals surface area contributed by atoms with Gasteiger partial charge in [-0.3, -0.25) is 4.68 Å². The van der Waals surface area contributed by atoms with Crippen molar-refractivity contribution < 1.29 is 0 Å². The molecular weight excluding hydrogens is 238 g/mol. The summed E-state index contributed by atoms with van der Waals surface area (Å²) < 4.78 is 1.76. The lowest BCUT2D eigenvalue weighted by molar-refractivity contribution is 0.583. The van der Waals surface area contributed by atoms with Crippen LogP contribution in [0.1, 0.15) is 30.8 Å². The summed E-state index contributed by atoms with van der Waals surface area (Å²) in [5.41, 5.74) is 4.02. The van der Waals surface area contributed by atoms with Crippen molar-refractivity contribution >= 4 is 0 Å². The zero-order valence-corrected chi connectivity index (χ0v) is 12.2. The lowest BCUT2D eigenvalue weighted by Gasteiger charge is -2.13.